The Hall–Kier alpha value is -1.33. The number of halogens is 1. The van der Waals surface area contributed by atoms with E-state index in [0.717, 1.165) is 16.7 Å². The van der Waals surface area contributed by atoms with E-state index in [1.54, 1.807) is 30.4 Å². The van der Waals surface area contributed by atoms with Gasteiger partial charge in [-0.15, -0.1) is 11.3 Å². The molecule has 0 saturated heterocycles. The Labute approximate surface area is 124 Å². The van der Waals surface area contributed by atoms with Crippen LogP contribution in [-0.2, 0) is 11.3 Å². The van der Waals surface area contributed by atoms with Gasteiger partial charge in [0, 0.05) is 27.0 Å². The molecular formula is C14H14BrNO2S. The summed E-state index contributed by atoms with van der Waals surface area (Å²) in [5.74, 6) is -0.281. The van der Waals surface area contributed by atoms with Gasteiger partial charge in [-0.05, 0) is 53.2 Å². The molecule has 0 spiro atoms. The first-order valence-corrected chi connectivity index (χ1v) is 7.60. The van der Waals surface area contributed by atoms with Crippen molar-refractivity contribution in [3.63, 3.8) is 0 Å². The van der Waals surface area contributed by atoms with Crippen LogP contribution in [0.5, 0.6) is 0 Å². The van der Waals surface area contributed by atoms with E-state index in [1.807, 2.05) is 12.1 Å². The Morgan fingerprint density at radius 1 is 1.37 bits per heavy atom. The van der Waals surface area contributed by atoms with Crippen LogP contribution >= 0.6 is 27.3 Å². The maximum atomic E-state index is 11.5. The Balaban J connectivity index is 1.93. The van der Waals surface area contributed by atoms with Crippen LogP contribution < -0.4 is 5.32 Å². The molecule has 0 amide bonds. The summed E-state index contributed by atoms with van der Waals surface area (Å²) in [6.07, 6.45) is 0. The molecule has 1 aromatic carbocycles. The highest BCUT2D eigenvalue weighted by molar-refractivity contribution is 9.10. The van der Waals surface area contributed by atoms with E-state index in [0.29, 0.717) is 12.2 Å². The van der Waals surface area contributed by atoms with Crippen molar-refractivity contribution in [2.24, 2.45) is 0 Å². The van der Waals surface area contributed by atoms with E-state index in [4.69, 9.17) is 4.74 Å². The van der Waals surface area contributed by atoms with Crippen molar-refractivity contribution in [2.45, 2.75) is 13.5 Å². The van der Waals surface area contributed by atoms with Crippen molar-refractivity contribution in [3.8, 4) is 0 Å². The fourth-order valence-corrected chi connectivity index (χ4v) is 2.97. The second-order valence-electron chi connectivity index (χ2n) is 3.88. The number of esters is 1. The number of hydrogen-bond donors (Lipinski definition) is 1. The largest absolute Gasteiger partial charge is 0.462 e. The average molecular weight is 340 g/mol. The van der Waals surface area contributed by atoms with Gasteiger partial charge < -0.3 is 10.1 Å². The van der Waals surface area contributed by atoms with E-state index < -0.39 is 0 Å². The zero-order chi connectivity index (χ0) is 13.7. The zero-order valence-corrected chi connectivity index (χ0v) is 12.9. The molecule has 1 aromatic heterocycles. The summed E-state index contributed by atoms with van der Waals surface area (Å²) in [7, 11) is 0. The Morgan fingerprint density at radius 2 is 2.11 bits per heavy atom. The molecule has 0 aliphatic heterocycles. The van der Waals surface area contributed by atoms with Crippen LogP contribution in [0, 0.1) is 0 Å². The van der Waals surface area contributed by atoms with Crippen molar-refractivity contribution < 1.29 is 9.53 Å². The van der Waals surface area contributed by atoms with Crippen LogP contribution in [0.2, 0.25) is 0 Å². The molecule has 5 heteroatoms. The molecule has 0 aliphatic rings. The first-order chi connectivity index (χ1) is 9.19. The van der Waals surface area contributed by atoms with Gasteiger partial charge in [-0.1, -0.05) is 0 Å². The maximum absolute atomic E-state index is 11.5. The third-order valence-corrected chi connectivity index (χ3v) is 4.18. The van der Waals surface area contributed by atoms with E-state index in [1.165, 1.54) is 4.88 Å². The molecule has 0 atom stereocenters. The molecule has 19 heavy (non-hydrogen) atoms. The molecule has 3 nitrogen and oxygen atoms in total. The smallest absolute Gasteiger partial charge is 0.338 e. The molecular weight excluding hydrogens is 326 g/mol. The van der Waals surface area contributed by atoms with Gasteiger partial charge in [0.2, 0.25) is 0 Å². The lowest BCUT2D eigenvalue weighted by molar-refractivity contribution is 0.0526. The van der Waals surface area contributed by atoms with Gasteiger partial charge in [0.1, 0.15) is 0 Å². The molecule has 2 aromatic rings. The number of hydrogen-bond acceptors (Lipinski definition) is 4. The van der Waals surface area contributed by atoms with Gasteiger partial charge in [0.25, 0.3) is 0 Å². The van der Waals surface area contributed by atoms with E-state index in [2.05, 4.69) is 32.7 Å². The highest BCUT2D eigenvalue weighted by Crippen LogP contribution is 2.21. The maximum Gasteiger partial charge on any atom is 0.338 e. The van der Waals surface area contributed by atoms with E-state index in [9.17, 15) is 4.79 Å². The second kappa shape index (κ2) is 6.73. The summed E-state index contributed by atoms with van der Waals surface area (Å²) in [6.45, 7) is 2.97. The minimum Gasteiger partial charge on any atom is -0.462 e. The van der Waals surface area contributed by atoms with Crippen molar-refractivity contribution in [3.05, 3.63) is 50.6 Å². The quantitative estimate of drug-likeness (QED) is 0.825. The number of nitrogens with one attached hydrogen (secondary N) is 1. The normalized spacial score (nSPS) is 10.2. The SMILES string of the molecule is CCOC(=O)c1ccc(NCc2cc(Br)cs2)cc1. The van der Waals surface area contributed by atoms with Crippen molar-refractivity contribution in [1.82, 2.24) is 0 Å². The Morgan fingerprint density at radius 3 is 2.68 bits per heavy atom. The molecule has 100 valence electrons. The minimum absolute atomic E-state index is 0.281. The van der Waals surface area contributed by atoms with Gasteiger partial charge in [-0.3, -0.25) is 0 Å². The number of carbonyl (C=O) groups is 1. The molecule has 0 bridgehead atoms. The summed E-state index contributed by atoms with van der Waals surface area (Å²) in [6, 6.07) is 9.39. The highest BCUT2D eigenvalue weighted by atomic mass is 79.9. The molecule has 0 unspecified atom stereocenters. The standard InChI is InChI=1S/C14H14BrNO2S/c1-2-18-14(17)10-3-5-12(6-4-10)16-8-13-7-11(15)9-19-13/h3-7,9,16H,2,8H2,1H3. The average Bonchev–Trinajstić information content (AvgIpc) is 2.83. The summed E-state index contributed by atoms with van der Waals surface area (Å²) in [5, 5.41) is 5.37. The van der Waals surface area contributed by atoms with Gasteiger partial charge in [0.05, 0.1) is 12.2 Å². The van der Waals surface area contributed by atoms with Gasteiger partial charge in [-0.2, -0.15) is 0 Å². The lowest BCUT2D eigenvalue weighted by atomic mass is 10.2. The van der Waals surface area contributed by atoms with E-state index in [-0.39, 0.29) is 5.97 Å². The number of rotatable bonds is 5. The van der Waals surface area contributed by atoms with Gasteiger partial charge in [0.15, 0.2) is 0 Å². The van der Waals surface area contributed by atoms with Gasteiger partial charge >= 0.3 is 5.97 Å². The molecule has 2 rings (SSSR count). The fourth-order valence-electron chi connectivity index (χ4n) is 1.57. The van der Waals surface area contributed by atoms with Crippen molar-refractivity contribution in [1.29, 1.82) is 0 Å². The molecule has 1 N–H and O–H groups in total. The number of anilines is 1. The zero-order valence-electron chi connectivity index (χ0n) is 10.5. The topological polar surface area (TPSA) is 38.3 Å². The minimum atomic E-state index is -0.281. The van der Waals surface area contributed by atoms with Crippen LogP contribution in [0.3, 0.4) is 0 Å². The van der Waals surface area contributed by atoms with Crippen LogP contribution in [0.15, 0.2) is 40.2 Å². The van der Waals surface area contributed by atoms with Gasteiger partial charge in [-0.25, -0.2) is 4.79 Å². The summed E-state index contributed by atoms with van der Waals surface area (Å²) in [5.41, 5.74) is 1.56. The second-order valence-corrected chi connectivity index (χ2v) is 5.79. The highest BCUT2D eigenvalue weighted by Gasteiger charge is 2.05. The summed E-state index contributed by atoms with van der Waals surface area (Å²) < 4.78 is 6.04. The lowest BCUT2D eigenvalue weighted by Crippen LogP contribution is -2.04. The predicted octanol–water partition coefficient (Wildman–Crippen LogP) is 4.30. The Bertz CT molecular complexity index is 551. The summed E-state index contributed by atoms with van der Waals surface area (Å²) >= 11 is 5.13. The monoisotopic (exact) mass is 339 g/mol. The fraction of sp³-hybridized carbons (Fsp3) is 0.214. The number of ether oxygens (including phenoxy) is 1. The third kappa shape index (κ3) is 4.08. The first-order valence-electron chi connectivity index (χ1n) is 5.93. The number of thiophene rings is 1. The Kier molecular flexibility index (Phi) is 4.99. The molecule has 0 radical (unpaired) electrons. The summed E-state index contributed by atoms with van der Waals surface area (Å²) in [4.78, 5) is 12.7. The van der Waals surface area contributed by atoms with Crippen molar-refractivity contribution >= 4 is 38.9 Å². The number of carbonyl (C=O) groups excluding carboxylic acids is 1. The number of benzene rings is 1. The third-order valence-electron chi connectivity index (χ3n) is 2.48. The van der Waals surface area contributed by atoms with E-state index >= 15 is 0 Å². The van der Waals surface area contributed by atoms with Crippen molar-refractivity contribution in [2.75, 3.05) is 11.9 Å². The lowest BCUT2D eigenvalue weighted by Gasteiger charge is -2.06. The van der Waals surface area contributed by atoms with Crippen LogP contribution in [0.4, 0.5) is 5.69 Å². The van der Waals surface area contributed by atoms with Crippen LogP contribution in [0.1, 0.15) is 22.2 Å². The predicted molar refractivity (Wildman–Crippen MR) is 81.7 cm³/mol. The van der Waals surface area contributed by atoms with Crippen LogP contribution in [-0.4, -0.2) is 12.6 Å². The van der Waals surface area contributed by atoms with Crippen LogP contribution in [0.25, 0.3) is 0 Å². The molecule has 0 aliphatic carbocycles. The molecule has 1 heterocycles. The molecule has 0 fully saturated rings. The molecule has 0 saturated carbocycles. The first kappa shape index (κ1) is 14.1.